The molecule has 15 heavy (non-hydrogen) atoms. The SMILES string of the molecule is COc1cnc(NCc2cscn2)nc1. The highest BCUT2D eigenvalue weighted by Crippen LogP contribution is 2.08. The Balaban J connectivity index is 1.93. The molecule has 0 aromatic carbocycles. The summed E-state index contributed by atoms with van der Waals surface area (Å²) in [6, 6.07) is 0. The van der Waals surface area contributed by atoms with E-state index in [9.17, 15) is 0 Å². The molecule has 0 aliphatic rings. The van der Waals surface area contributed by atoms with Gasteiger partial charge in [-0.25, -0.2) is 15.0 Å². The first-order chi connectivity index (χ1) is 7.38. The van der Waals surface area contributed by atoms with Crippen molar-refractivity contribution in [2.24, 2.45) is 0 Å². The van der Waals surface area contributed by atoms with E-state index in [1.807, 2.05) is 5.38 Å². The fraction of sp³-hybridized carbons (Fsp3) is 0.222. The van der Waals surface area contributed by atoms with E-state index in [0.29, 0.717) is 18.2 Å². The lowest BCUT2D eigenvalue weighted by molar-refractivity contribution is 0.411. The highest BCUT2D eigenvalue weighted by atomic mass is 32.1. The van der Waals surface area contributed by atoms with Gasteiger partial charge in [-0.1, -0.05) is 0 Å². The van der Waals surface area contributed by atoms with Crippen molar-refractivity contribution in [1.29, 1.82) is 0 Å². The Hall–Kier alpha value is -1.69. The number of aromatic nitrogens is 3. The second kappa shape index (κ2) is 4.70. The summed E-state index contributed by atoms with van der Waals surface area (Å²) in [6.45, 7) is 0.635. The summed E-state index contributed by atoms with van der Waals surface area (Å²) in [5, 5.41) is 5.05. The predicted octanol–water partition coefficient (Wildman–Crippen LogP) is 1.55. The average molecular weight is 222 g/mol. The van der Waals surface area contributed by atoms with Gasteiger partial charge in [0.2, 0.25) is 5.95 Å². The molecule has 2 aromatic heterocycles. The van der Waals surface area contributed by atoms with Gasteiger partial charge in [0.25, 0.3) is 0 Å². The molecule has 2 aromatic rings. The zero-order chi connectivity index (χ0) is 10.5. The molecule has 78 valence electrons. The summed E-state index contributed by atoms with van der Waals surface area (Å²) in [5.41, 5.74) is 2.78. The summed E-state index contributed by atoms with van der Waals surface area (Å²) < 4.78 is 4.96. The minimum Gasteiger partial charge on any atom is -0.494 e. The summed E-state index contributed by atoms with van der Waals surface area (Å²) >= 11 is 1.57. The van der Waals surface area contributed by atoms with E-state index in [1.54, 1.807) is 36.4 Å². The van der Waals surface area contributed by atoms with Crippen LogP contribution < -0.4 is 10.1 Å². The molecule has 0 fully saturated rings. The van der Waals surface area contributed by atoms with Crippen molar-refractivity contribution in [3.05, 3.63) is 29.0 Å². The molecular weight excluding hydrogens is 212 g/mol. The van der Waals surface area contributed by atoms with Crippen molar-refractivity contribution in [3.63, 3.8) is 0 Å². The van der Waals surface area contributed by atoms with Gasteiger partial charge >= 0.3 is 0 Å². The predicted molar refractivity (Wildman–Crippen MR) is 58.0 cm³/mol. The summed E-state index contributed by atoms with van der Waals surface area (Å²) in [7, 11) is 1.58. The summed E-state index contributed by atoms with van der Waals surface area (Å²) in [6.07, 6.45) is 3.24. The molecule has 0 aliphatic carbocycles. The van der Waals surface area contributed by atoms with E-state index >= 15 is 0 Å². The molecule has 2 heterocycles. The van der Waals surface area contributed by atoms with Gasteiger partial charge in [0.1, 0.15) is 0 Å². The Morgan fingerprint density at radius 3 is 2.73 bits per heavy atom. The molecule has 2 rings (SSSR count). The molecular formula is C9H10N4OS. The molecule has 0 spiro atoms. The number of nitrogens with zero attached hydrogens (tertiary/aromatic N) is 3. The zero-order valence-electron chi connectivity index (χ0n) is 8.17. The van der Waals surface area contributed by atoms with Crippen LogP contribution in [0.2, 0.25) is 0 Å². The van der Waals surface area contributed by atoms with Crippen LogP contribution in [0.3, 0.4) is 0 Å². The number of hydrogen-bond acceptors (Lipinski definition) is 6. The highest BCUT2D eigenvalue weighted by molar-refractivity contribution is 7.07. The standard InChI is InChI=1S/C9H10N4OS/c1-14-8-3-11-9(12-4-8)10-2-7-5-15-6-13-7/h3-6H,2H2,1H3,(H,10,11,12). The summed E-state index contributed by atoms with van der Waals surface area (Å²) in [5.74, 6) is 1.22. The molecule has 0 amide bonds. The van der Waals surface area contributed by atoms with Gasteiger partial charge < -0.3 is 10.1 Å². The number of nitrogens with one attached hydrogen (secondary N) is 1. The zero-order valence-corrected chi connectivity index (χ0v) is 8.99. The van der Waals surface area contributed by atoms with Crippen molar-refractivity contribution in [2.75, 3.05) is 12.4 Å². The smallest absolute Gasteiger partial charge is 0.223 e. The average Bonchev–Trinajstić information content (AvgIpc) is 2.80. The third kappa shape index (κ3) is 2.63. The van der Waals surface area contributed by atoms with E-state index in [1.165, 1.54) is 0 Å². The van der Waals surface area contributed by atoms with Gasteiger partial charge in [-0.15, -0.1) is 11.3 Å². The third-order valence-electron chi connectivity index (χ3n) is 1.77. The lowest BCUT2D eigenvalue weighted by Gasteiger charge is -2.02. The number of rotatable bonds is 4. The summed E-state index contributed by atoms with van der Waals surface area (Å²) in [4.78, 5) is 12.3. The van der Waals surface area contributed by atoms with Gasteiger partial charge in [-0.2, -0.15) is 0 Å². The quantitative estimate of drug-likeness (QED) is 0.850. The van der Waals surface area contributed by atoms with Gasteiger partial charge in [0, 0.05) is 5.38 Å². The van der Waals surface area contributed by atoms with E-state index in [2.05, 4.69) is 20.3 Å². The van der Waals surface area contributed by atoms with Crippen molar-refractivity contribution >= 4 is 17.3 Å². The first kappa shape index (κ1) is 9.85. The fourth-order valence-electron chi connectivity index (χ4n) is 1.01. The first-order valence-electron chi connectivity index (χ1n) is 4.35. The maximum Gasteiger partial charge on any atom is 0.223 e. The minimum absolute atomic E-state index is 0.573. The molecule has 1 N–H and O–H groups in total. The molecule has 0 atom stereocenters. The molecule has 0 saturated heterocycles. The van der Waals surface area contributed by atoms with Crippen LogP contribution in [0.1, 0.15) is 5.69 Å². The van der Waals surface area contributed by atoms with Gasteiger partial charge in [-0.3, -0.25) is 0 Å². The number of thiazole rings is 1. The van der Waals surface area contributed by atoms with Crippen LogP contribution in [0.25, 0.3) is 0 Å². The molecule has 0 unspecified atom stereocenters. The van der Waals surface area contributed by atoms with Crippen LogP contribution in [0, 0.1) is 0 Å². The Labute approximate surface area is 91.2 Å². The van der Waals surface area contributed by atoms with E-state index in [0.717, 1.165) is 5.69 Å². The van der Waals surface area contributed by atoms with E-state index in [4.69, 9.17) is 4.74 Å². The third-order valence-corrected chi connectivity index (χ3v) is 2.41. The van der Waals surface area contributed by atoms with Crippen LogP contribution >= 0.6 is 11.3 Å². The fourth-order valence-corrected chi connectivity index (χ4v) is 1.57. The van der Waals surface area contributed by atoms with Crippen molar-refractivity contribution in [1.82, 2.24) is 15.0 Å². The maximum absolute atomic E-state index is 4.96. The Morgan fingerprint density at radius 1 is 1.33 bits per heavy atom. The van der Waals surface area contributed by atoms with Crippen LogP contribution in [-0.4, -0.2) is 22.1 Å². The molecule has 5 nitrogen and oxygen atoms in total. The Morgan fingerprint density at radius 2 is 2.13 bits per heavy atom. The largest absolute Gasteiger partial charge is 0.494 e. The molecule has 6 heteroatoms. The monoisotopic (exact) mass is 222 g/mol. The number of hydrogen-bond donors (Lipinski definition) is 1. The second-order valence-corrected chi connectivity index (χ2v) is 3.50. The topological polar surface area (TPSA) is 59.9 Å². The highest BCUT2D eigenvalue weighted by Gasteiger charge is 1.98. The van der Waals surface area contributed by atoms with E-state index in [-0.39, 0.29) is 0 Å². The Bertz CT molecular complexity index is 401. The van der Waals surface area contributed by atoms with Gasteiger partial charge in [0.15, 0.2) is 5.75 Å². The Kier molecular flexibility index (Phi) is 3.08. The minimum atomic E-state index is 0.573. The lowest BCUT2D eigenvalue weighted by Crippen LogP contribution is -2.03. The first-order valence-corrected chi connectivity index (χ1v) is 5.30. The molecule has 0 radical (unpaired) electrons. The van der Waals surface area contributed by atoms with Crippen LogP contribution in [0.4, 0.5) is 5.95 Å². The maximum atomic E-state index is 4.96. The van der Waals surface area contributed by atoms with Crippen molar-refractivity contribution < 1.29 is 4.74 Å². The van der Waals surface area contributed by atoms with Crippen molar-refractivity contribution in [2.45, 2.75) is 6.54 Å². The molecule has 0 saturated carbocycles. The molecule has 0 aliphatic heterocycles. The van der Waals surface area contributed by atoms with Crippen molar-refractivity contribution in [3.8, 4) is 5.75 Å². The lowest BCUT2D eigenvalue weighted by atomic mass is 10.5. The second-order valence-electron chi connectivity index (χ2n) is 2.78. The number of anilines is 1. The van der Waals surface area contributed by atoms with Crippen LogP contribution in [0.15, 0.2) is 23.3 Å². The number of ether oxygens (including phenoxy) is 1. The normalized spacial score (nSPS) is 9.93. The van der Waals surface area contributed by atoms with Gasteiger partial charge in [-0.05, 0) is 0 Å². The van der Waals surface area contributed by atoms with E-state index < -0.39 is 0 Å². The van der Waals surface area contributed by atoms with Crippen LogP contribution in [-0.2, 0) is 6.54 Å². The number of methoxy groups -OCH3 is 1. The van der Waals surface area contributed by atoms with Crippen LogP contribution in [0.5, 0.6) is 5.75 Å². The van der Waals surface area contributed by atoms with Gasteiger partial charge in [0.05, 0.1) is 37.3 Å². The molecule has 0 bridgehead atoms.